The lowest BCUT2D eigenvalue weighted by Crippen LogP contribution is -2.23. The van der Waals surface area contributed by atoms with Gasteiger partial charge in [-0.05, 0) is 47.4 Å². The SMILES string of the molecule is CCC(C)(C)C1Cc2ccc(O)cc2C1. The van der Waals surface area contributed by atoms with Crippen molar-refractivity contribution in [3.8, 4) is 5.75 Å². The number of phenols is 1. The third-order valence-electron chi connectivity index (χ3n) is 4.14. The molecule has 1 atom stereocenters. The Kier molecular flexibility index (Phi) is 2.49. The molecule has 1 aromatic rings. The molecule has 1 aliphatic carbocycles. The van der Waals surface area contributed by atoms with E-state index in [0.29, 0.717) is 11.2 Å². The lowest BCUT2D eigenvalue weighted by atomic mass is 9.75. The highest BCUT2D eigenvalue weighted by Crippen LogP contribution is 2.41. The van der Waals surface area contributed by atoms with Crippen LogP contribution in [0.4, 0.5) is 0 Å². The second-order valence-electron chi connectivity index (χ2n) is 5.40. The molecule has 1 heteroatoms. The van der Waals surface area contributed by atoms with E-state index in [1.807, 2.05) is 6.07 Å². The zero-order valence-electron chi connectivity index (χ0n) is 9.88. The molecule has 1 unspecified atom stereocenters. The van der Waals surface area contributed by atoms with Crippen molar-refractivity contribution >= 4 is 0 Å². The van der Waals surface area contributed by atoms with E-state index in [1.54, 1.807) is 6.07 Å². The van der Waals surface area contributed by atoms with Gasteiger partial charge in [-0.25, -0.2) is 0 Å². The van der Waals surface area contributed by atoms with Crippen LogP contribution >= 0.6 is 0 Å². The summed E-state index contributed by atoms with van der Waals surface area (Å²) >= 11 is 0. The molecule has 0 aromatic heterocycles. The van der Waals surface area contributed by atoms with E-state index in [2.05, 4.69) is 26.8 Å². The smallest absolute Gasteiger partial charge is 0.115 e. The lowest BCUT2D eigenvalue weighted by Gasteiger charge is -2.30. The summed E-state index contributed by atoms with van der Waals surface area (Å²) in [5, 5.41) is 9.44. The average Bonchev–Trinajstić information content (AvgIpc) is 2.61. The van der Waals surface area contributed by atoms with Gasteiger partial charge in [0.1, 0.15) is 5.75 Å². The minimum absolute atomic E-state index is 0.406. The van der Waals surface area contributed by atoms with Gasteiger partial charge in [0.15, 0.2) is 0 Å². The summed E-state index contributed by atoms with van der Waals surface area (Å²) in [6, 6.07) is 5.82. The summed E-state index contributed by atoms with van der Waals surface area (Å²) in [7, 11) is 0. The van der Waals surface area contributed by atoms with Crippen LogP contribution in [-0.4, -0.2) is 5.11 Å². The first-order chi connectivity index (χ1) is 7.03. The topological polar surface area (TPSA) is 20.2 Å². The van der Waals surface area contributed by atoms with Crippen molar-refractivity contribution in [2.24, 2.45) is 11.3 Å². The number of aromatic hydroxyl groups is 1. The minimum Gasteiger partial charge on any atom is -0.508 e. The van der Waals surface area contributed by atoms with Gasteiger partial charge < -0.3 is 5.11 Å². The first-order valence-corrected chi connectivity index (χ1v) is 5.83. The third kappa shape index (κ3) is 1.88. The zero-order valence-corrected chi connectivity index (χ0v) is 9.88. The molecule has 0 saturated heterocycles. The summed E-state index contributed by atoms with van der Waals surface area (Å²) in [6.07, 6.45) is 3.53. The molecule has 2 rings (SSSR count). The van der Waals surface area contributed by atoms with Crippen molar-refractivity contribution in [2.45, 2.75) is 40.0 Å². The Hall–Kier alpha value is -0.980. The number of rotatable bonds is 2. The molecule has 0 aliphatic heterocycles. The number of benzene rings is 1. The molecule has 0 heterocycles. The summed E-state index contributed by atoms with van der Waals surface area (Å²) in [5.74, 6) is 1.14. The first kappa shape index (κ1) is 10.5. The third-order valence-corrected chi connectivity index (χ3v) is 4.14. The molecule has 0 amide bonds. The van der Waals surface area contributed by atoms with Crippen LogP contribution in [0.2, 0.25) is 0 Å². The molecular formula is C14H20O. The Morgan fingerprint density at radius 1 is 1.27 bits per heavy atom. The van der Waals surface area contributed by atoms with Gasteiger partial charge >= 0.3 is 0 Å². The van der Waals surface area contributed by atoms with E-state index in [9.17, 15) is 5.11 Å². The Balaban J connectivity index is 2.22. The van der Waals surface area contributed by atoms with Crippen molar-refractivity contribution in [2.75, 3.05) is 0 Å². The monoisotopic (exact) mass is 204 g/mol. The van der Waals surface area contributed by atoms with Crippen LogP contribution in [0.3, 0.4) is 0 Å². The number of fused-ring (bicyclic) bond motifs is 1. The van der Waals surface area contributed by atoms with Crippen molar-refractivity contribution in [1.29, 1.82) is 0 Å². The molecule has 1 aromatic carbocycles. The quantitative estimate of drug-likeness (QED) is 0.781. The molecule has 0 radical (unpaired) electrons. The number of phenolic OH excluding ortho intramolecular Hbond substituents is 1. The van der Waals surface area contributed by atoms with Crippen molar-refractivity contribution in [3.63, 3.8) is 0 Å². The molecule has 0 fully saturated rings. The first-order valence-electron chi connectivity index (χ1n) is 5.83. The molecule has 82 valence electrons. The summed E-state index contributed by atoms with van der Waals surface area (Å²) in [4.78, 5) is 0. The molecular weight excluding hydrogens is 184 g/mol. The summed E-state index contributed by atoms with van der Waals surface area (Å²) in [6.45, 7) is 6.97. The predicted molar refractivity (Wildman–Crippen MR) is 63.1 cm³/mol. The van der Waals surface area contributed by atoms with Crippen LogP contribution in [-0.2, 0) is 12.8 Å². The fraction of sp³-hybridized carbons (Fsp3) is 0.571. The van der Waals surface area contributed by atoms with E-state index in [-0.39, 0.29) is 0 Å². The number of hydrogen-bond acceptors (Lipinski definition) is 1. The highest BCUT2D eigenvalue weighted by atomic mass is 16.3. The minimum atomic E-state index is 0.406. The van der Waals surface area contributed by atoms with Crippen molar-refractivity contribution in [1.82, 2.24) is 0 Å². The highest BCUT2D eigenvalue weighted by Gasteiger charge is 2.33. The van der Waals surface area contributed by atoms with E-state index >= 15 is 0 Å². The maximum absolute atomic E-state index is 9.44. The lowest BCUT2D eigenvalue weighted by molar-refractivity contribution is 0.212. The highest BCUT2D eigenvalue weighted by molar-refractivity contribution is 5.38. The molecule has 0 saturated carbocycles. The van der Waals surface area contributed by atoms with Gasteiger partial charge in [-0.1, -0.05) is 33.3 Å². The molecule has 1 N–H and O–H groups in total. The van der Waals surface area contributed by atoms with Gasteiger partial charge in [0.25, 0.3) is 0 Å². The van der Waals surface area contributed by atoms with Crippen molar-refractivity contribution in [3.05, 3.63) is 29.3 Å². The van der Waals surface area contributed by atoms with Gasteiger partial charge in [-0.15, -0.1) is 0 Å². The molecule has 15 heavy (non-hydrogen) atoms. The largest absolute Gasteiger partial charge is 0.508 e. The Morgan fingerprint density at radius 3 is 2.60 bits per heavy atom. The maximum atomic E-state index is 9.44. The molecule has 0 bridgehead atoms. The van der Waals surface area contributed by atoms with E-state index in [1.165, 1.54) is 24.0 Å². The van der Waals surface area contributed by atoms with Gasteiger partial charge in [-0.2, -0.15) is 0 Å². The van der Waals surface area contributed by atoms with Gasteiger partial charge in [0, 0.05) is 0 Å². The normalized spacial score (nSPS) is 20.3. The van der Waals surface area contributed by atoms with Crippen LogP contribution in [0.15, 0.2) is 18.2 Å². The van der Waals surface area contributed by atoms with Crippen LogP contribution in [0, 0.1) is 11.3 Å². The Labute approximate surface area is 92.1 Å². The zero-order chi connectivity index (χ0) is 11.1. The number of hydrogen-bond donors (Lipinski definition) is 1. The average molecular weight is 204 g/mol. The Bertz CT molecular complexity index is 366. The maximum Gasteiger partial charge on any atom is 0.115 e. The van der Waals surface area contributed by atoms with E-state index in [4.69, 9.17) is 0 Å². The van der Waals surface area contributed by atoms with Gasteiger partial charge in [0.05, 0.1) is 0 Å². The van der Waals surface area contributed by atoms with Crippen molar-refractivity contribution < 1.29 is 5.11 Å². The van der Waals surface area contributed by atoms with Gasteiger partial charge in [-0.3, -0.25) is 0 Å². The fourth-order valence-corrected chi connectivity index (χ4v) is 2.45. The molecule has 0 spiro atoms. The van der Waals surface area contributed by atoms with Crippen LogP contribution in [0.1, 0.15) is 38.3 Å². The fourth-order valence-electron chi connectivity index (χ4n) is 2.45. The standard InChI is InChI=1S/C14H20O/c1-4-14(2,3)12-7-10-5-6-13(15)9-11(10)8-12/h5-6,9,12,15H,4,7-8H2,1-3H3. The van der Waals surface area contributed by atoms with Crippen LogP contribution < -0.4 is 0 Å². The molecule has 1 aliphatic rings. The second-order valence-corrected chi connectivity index (χ2v) is 5.40. The Morgan fingerprint density at radius 2 is 1.93 bits per heavy atom. The van der Waals surface area contributed by atoms with Crippen LogP contribution in [0.5, 0.6) is 5.75 Å². The van der Waals surface area contributed by atoms with E-state index in [0.717, 1.165) is 12.3 Å². The summed E-state index contributed by atoms with van der Waals surface area (Å²) in [5.41, 5.74) is 3.19. The summed E-state index contributed by atoms with van der Waals surface area (Å²) < 4.78 is 0. The van der Waals surface area contributed by atoms with E-state index < -0.39 is 0 Å². The van der Waals surface area contributed by atoms with Crippen LogP contribution in [0.25, 0.3) is 0 Å². The second kappa shape index (κ2) is 3.55. The predicted octanol–water partition coefficient (Wildman–Crippen LogP) is 3.54. The van der Waals surface area contributed by atoms with Gasteiger partial charge in [0.2, 0.25) is 0 Å². The molecule has 1 nitrogen and oxygen atoms in total.